The third kappa shape index (κ3) is 1.48. The van der Waals surface area contributed by atoms with Gasteiger partial charge < -0.3 is 5.43 Å². The molecular formula is C6H10N6. The first-order valence-electron chi connectivity index (χ1n) is 3.32. The van der Waals surface area contributed by atoms with E-state index in [2.05, 4.69) is 10.5 Å². The molecule has 0 atom stereocenters. The zero-order chi connectivity index (χ0) is 9.14. The van der Waals surface area contributed by atoms with Crippen LogP contribution >= 0.6 is 0 Å². The average molecular weight is 166 g/mol. The Balaban J connectivity index is 3.26. The molecule has 0 bridgehead atoms. The first kappa shape index (κ1) is 8.41. The number of nitrogens with one attached hydrogen (secondary N) is 3. The number of nitrogens with zero attached hydrogens (tertiary/aromatic N) is 2. The Morgan fingerprint density at radius 1 is 1.67 bits per heavy atom. The summed E-state index contributed by atoms with van der Waals surface area (Å²) in [7, 11) is 0. The van der Waals surface area contributed by atoms with Crippen LogP contribution < -0.4 is 16.8 Å². The lowest BCUT2D eigenvalue weighted by Gasteiger charge is -2.04. The molecule has 0 aromatic carbocycles. The molecule has 12 heavy (non-hydrogen) atoms. The highest BCUT2D eigenvalue weighted by Gasteiger charge is 1.97. The van der Waals surface area contributed by atoms with Gasteiger partial charge in [-0.15, -0.1) is 5.10 Å². The van der Waals surface area contributed by atoms with Gasteiger partial charge in [-0.1, -0.05) is 0 Å². The van der Waals surface area contributed by atoms with Gasteiger partial charge in [0, 0.05) is 0 Å². The third-order valence-electron chi connectivity index (χ3n) is 1.30. The summed E-state index contributed by atoms with van der Waals surface area (Å²) in [6.07, 6.45) is 0. The molecule has 6 nitrogen and oxygen atoms in total. The van der Waals surface area contributed by atoms with Crippen molar-refractivity contribution in [3.8, 4) is 0 Å². The molecule has 0 saturated carbocycles. The second kappa shape index (κ2) is 3.14. The Kier molecular flexibility index (Phi) is 2.20. The van der Waals surface area contributed by atoms with E-state index in [0.717, 1.165) is 0 Å². The quantitative estimate of drug-likeness (QED) is 0.195. The molecule has 1 aromatic heterocycles. The summed E-state index contributed by atoms with van der Waals surface area (Å²) in [4.78, 5) is 0. The summed E-state index contributed by atoms with van der Waals surface area (Å²) in [6.45, 7) is 1.55. The maximum Gasteiger partial charge on any atom is 0.161 e. The number of hydrazine groups is 1. The van der Waals surface area contributed by atoms with Gasteiger partial charge in [0.05, 0.1) is 0 Å². The van der Waals surface area contributed by atoms with Crippen molar-refractivity contribution in [2.45, 2.75) is 6.92 Å². The smallest absolute Gasteiger partial charge is 0.161 e. The fraction of sp³-hybridized carbons (Fsp3) is 0.167. The highest BCUT2D eigenvalue weighted by molar-refractivity contribution is 5.77. The molecule has 64 valence electrons. The second-order valence-corrected chi connectivity index (χ2v) is 2.25. The second-order valence-electron chi connectivity index (χ2n) is 2.25. The lowest BCUT2D eigenvalue weighted by Crippen LogP contribution is -2.28. The normalized spacial score (nSPS) is 9.50. The Hall–Kier alpha value is -1.69. The molecule has 6 heteroatoms. The Bertz CT molecular complexity index is 351. The summed E-state index contributed by atoms with van der Waals surface area (Å²) in [6, 6.07) is 3.09. The van der Waals surface area contributed by atoms with Crippen molar-refractivity contribution in [3.63, 3.8) is 0 Å². The predicted octanol–water partition coefficient (Wildman–Crippen LogP) is -0.507. The highest BCUT2D eigenvalue weighted by Crippen LogP contribution is 1.92. The van der Waals surface area contributed by atoms with E-state index in [4.69, 9.17) is 16.7 Å². The summed E-state index contributed by atoms with van der Waals surface area (Å²) in [5.74, 6) is 5.72. The van der Waals surface area contributed by atoms with Gasteiger partial charge in [-0.3, -0.25) is 10.8 Å². The van der Waals surface area contributed by atoms with Crippen molar-refractivity contribution >= 4 is 11.7 Å². The van der Waals surface area contributed by atoms with E-state index >= 15 is 0 Å². The minimum absolute atomic E-state index is 0.154. The van der Waals surface area contributed by atoms with Crippen molar-refractivity contribution in [3.05, 3.63) is 17.6 Å². The van der Waals surface area contributed by atoms with E-state index in [1.807, 2.05) is 0 Å². The van der Waals surface area contributed by atoms with Crippen LogP contribution in [0.15, 0.2) is 12.1 Å². The number of aromatic nitrogens is 2. The molecule has 0 amide bonds. The van der Waals surface area contributed by atoms with Crippen LogP contribution in [0.2, 0.25) is 0 Å². The van der Waals surface area contributed by atoms with Crippen molar-refractivity contribution in [1.82, 2.24) is 9.78 Å². The maximum absolute atomic E-state index is 7.36. The molecule has 1 rings (SSSR count). The van der Waals surface area contributed by atoms with E-state index < -0.39 is 0 Å². The zero-order valence-corrected chi connectivity index (χ0v) is 6.63. The minimum atomic E-state index is 0.154. The Morgan fingerprint density at radius 3 is 2.83 bits per heavy atom. The molecule has 0 aliphatic heterocycles. The largest absolute Gasteiger partial charge is 0.307 e. The third-order valence-corrected chi connectivity index (χ3v) is 1.30. The van der Waals surface area contributed by atoms with Gasteiger partial charge in [0.25, 0.3) is 0 Å². The fourth-order valence-corrected chi connectivity index (χ4v) is 0.756. The number of anilines is 1. The van der Waals surface area contributed by atoms with E-state index in [1.165, 1.54) is 10.7 Å². The summed E-state index contributed by atoms with van der Waals surface area (Å²) in [5, 5.41) is 18.5. The van der Waals surface area contributed by atoms with Crippen LogP contribution in [0.4, 0.5) is 5.82 Å². The van der Waals surface area contributed by atoms with Gasteiger partial charge in [0.15, 0.2) is 5.82 Å². The van der Waals surface area contributed by atoms with E-state index in [-0.39, 0.29) is 11.3 Å². The SMILES string of the molecule is CC(=N)n1nc(NN)ccc1=N. The number of hydrogen-bond donors (Lipinski definition) is 4. The summed E-state index contributed by atoms with van der Waals surface area (Å²) in [5.41, 5.74) is 2.49. The van der Waals surface area contributed by atoms with Gasteiger partial charge in [0.2, 0.25) is 0 Å². The molecular weight excluding hydrogens is 156 g/mol. The summed E-state index contributed by atoms with van der Waals surface area (Å²) >= 11 is 0. The fourth-order valence-electron chi connectivity index (χ4n) is 0.756. The van der Waals surface area contributed by atoms with Gasteiger partial charge in [-0.25, -0.2) is 10.5 Å². The maximum atomic E-state index is 7.36. The topological polar surface area (TPSA) is 104 Å². The number of rotatable bonds is 1. The molecule has 1 heterocycles. The molecule has 0 aliphatic carbocycles. The van der Waals surface area contributed by atoms with Crippen LogP contribution in [0.5, 0.6) is 0 Å². The van der Waals surface area contributed by atoms with Gasteiger partial charge in [0.1, 0.15) is 11.3 Å². The van der Waals surface area contributed by atoms with Gasteiger partial charge in [-0.2, -0.15) is 0 Å². The van der Waals surface area contributed by atoms with Crippen molar-refractivity contribution in [2.24, 2.45) is 5.84 Å². The number of hydrogen-bond acceptors (Lipinski definition) is 5. The highest BCUT2D eigenvalue weighted by atomic mass is 15.4. The standard InChI is InChI=1S/C6H10N6/c1-4(7)12-5(8)2-3-6(10-9)11-12/h2-3,7-8H,9H2,1H3,(H,10,11). The van der Waals surface area contributed by atoms with Crippen LogP contribution in [0.25, 0.3) is 0 Å². The minimum Gasteiger partial charge on any atom is -0.307 e. The van der Waals surface area contributed by atoms with E-state index in [9.17, 15) is 0 Å². The Morgan fingerprint density at radius 2 is 2.33 bits per heavy atom. The molecule has 0 spiro atoms. The molecule has 0 aliphatic rings. The van der Waals surface area contributed by atoms with Crippen molar-refractivity contribution in [2.75, 3.05) is 5.43 Å². The molecule has 0 unspecified atom stereocenters. The first-order chi connectivity index (χ1) is 5.65. The lowest BCUT2D eigenvalue weighted by molar-refractivity contribution is 0.807. The van der Waals surface area contributed by atoms with Crippen LogP contribution in [-0.4, -0.2) is 15.6 Å². The molecule has 5 N–H and O–H groups in total. The molecule has 0 radical (unpaired) electrons. The van der Waals surface area contributed by atoms with E-state index in [0.29, 0.717) is 5.82 Å². The monoisotopic (exact) mass is 166 g/mol. The van der Waals surface area contributed by atoms with Crippen LogP contribution in [-0.2, 0) is 0 Å². The van der Waals surface area contributed by atoms with Gasteiger partial charge in [-0.05, 0) is 19.1 Å². The molecule has 1 aromatic rings. The van der Waals surface area contributed by atoms with Crippen LogP contribution in [0.3, 0.4) is 0 Å². The van der Waals surface area contributed by atoms with Gasteiger partial charge >= 0.3 is 0 Å². The van der Waals surface area contributed by atoms with Crippen molar-refractivity contribution < 1.29 is 0 Å². The zero-order valence-electron chi connectivity index (χ0n) is 6.63. The molecule has 0 fully saturated rings. The predicted molar refractivity (Wildman–Crippen MR) is 44.7 cm³/mol. The van der Waals surface area contributed by atoms with Crippen LogP contribution in [0, 0.1) is 10.8 Å². The number of nitrogen functional groups attached to an aromatic ring is 1. The average Bonchev–Trinajstić information content (AvgIpc) is 2.05. The first-order valence-corrected chi connectivity index (χ1v) is 3.32. The van der Waals surface area contributed by atoms with Crippen LogP contribution in [0.1, 0.15) is 6.92 Å². The Labute approximate surface area is 69.0 Å². The number of nitrogens with two attached hydrogens (primary N) is 1. The van der Waals surface area contributed by atoms with Crippen molar-refractivity contribution in [1.29, 1.82) is 10.8 Å². The van der Waals surface area contributed by atoms with E-state index in [1.54, 1.807) is 13.0 Å². The molecule has 0 saturated heterocycles. The lowest BCUT2D eigenvalue weighted by atomic mass is 10.5. The summed E-state index contributed by atoms with van der Waals surface area (Å²) < 4.78 is 1.18.